The van der Waals surface area contributed by atoms with Crippen molar-refractivity contribution in [3.63, 3.8) is 0 Å². The molecule has 0 bridgehead atoms. The SMILES string of the molecule is Cc1nn(C)c(C)c1C1CCCN1C(=O)C1CCC(N)C1.Cl.Cl. The third-order valence-corrected chi connectivity index (χ3v) is 5.26. The van der Waals surface area contributed by atoms with E-state index in [-0.39, 0.29) is 42.8 Å². The van der Waals surface area contributed by atoms with Crippen LogP contribution in [0.1, 0.15) is 55.1 Å². The largest absolute Gasteiger partial charge is 0.335 e. The molecule has 1 saturated carbocycles. The van der Waals surface area contributed by atoms with Gasteiger partial charge in [0.15, 0.2) is 0 Å². The number of nitrogens with two attached hydrogens (primary N) is 1. The number of rotatable bonds is 2. The summed E-state index contributed by atoms with van der Waals surface area (Å²) >= 11 is 0. The van der Waals surface area contributed by atoms with Crippen LogP contribution in [-0.4, -0.2) is 33.2 Å². The van der Waals surface area contributed by atoms with E-state index >= 15 is 0 Å². The lowest BCUT2D eigenvalue weighted by Gasteiger charge is -2.28. The maximum Gasteiger partial charge on any atom is 0.226 e. The highest BCUT2D eigenvalue weighted by molar-refractivity contribution is 5.85. The molecule has 5 nitrogen and oxygen atoms in total. The first-order valence-corrected chi connectivity index (χ1v) is 8.05. The van der Waals surface area contributed by atoms with Gasteiger partial charge >= 0.3 is 0 Å². The Kier molecular flexibility index (Phi) is 6.93. The molecule has 1 aliphatic carbocycles. The number of aryl methyl sites for hydroxylation is 2. The van der Waals surface area contributed by atoms with Gasteiger partial charge in [-0.05, 0) is 46.0 Å². The third-order valence-electron chi connectivity index (χ3n) is 5.26. The molecule has 7 heteroatoms. The zero-order valence-corrected chi connectivity index (χ0v) is 15.8. The Morgan fingerprint density at radius 2 is 1.91 bits per heavy atom. The first kappa shape index (κ1) is 20.3. The van der Waals surface area contributed by atoms with Gasteiger partial charge in [0.05, 0.1) is 11.7 Å². The number of nitrogens with zero attached hydrogens (tertiary/aromatic N) is 3. The number of hydrogen-bond acceptors (Lipinski definition) is 3. The molecule has 0 spiro atoms. The molecule has 2 heterocycles. The van der Waals surface area contributed by atoms with Crippen molar-refractivity contribution in [2.24, 2.45) is 18.7 Å². The maximum absolute atomic E-state index is 12.8. The average Bonchev–Trinajstić information content (AvgIpc) is 3.11. The molecular formula is C16H28Cl2N4O. The minimum Gasteiger partial charge on any atom is -0.335 e. The zero-order valence-electron chi connectivity index (χ0n) is 14.1. The summed E-state index contributed by atoms with van der Waals surface area (Å²) in [4.78, 5) is 14.9. The van der Waals surface area contributed by atoms with Crippen LogP contribution in [0.15, 0.2) is 0 Å². The van der Waals surface area contributed by atoms with Crippen molar-refractivity contribution in [2.75, 3.05) is 6.54 Å². The average molecular weight is 363 g/mol. The highest BCUT2D eigenvalue weighted by Crippen LogP contribution is 2.38. The molecule has 2 aliphatic rings. The number of halogens is 2. The minimum atomic E-state index is 0. The lowest BCUT2D eigenvalue weighted by molar-refractivity contribution is -0.136. The van der Waals surface area contributed by atoms with Crippen molar-refractivity contribution < 1.29 is 4.79 Å². The summed E-state index contributed by atoms with van der Waals surface area (Å²) in [5.41, 5.74) is 9.47. The summed E-state index contributed by atoms with van der Waals surface area (Å²) in [6.07, 6.45) is 4.93. The maximum atomic E-state index is 12.8. The summed E-state index contributed by atoms with van der Waals surface area (Å²) in [6.45, 7) is 5.03. The fraction of sp³-hybridized carbons (Fsp3) is 0.750. The second-order valence-corrected chi connectivity index (χ2v) is 6.67. The van der Waals surface area contributed by atoms with Gasteiger partial charge in [-0.25, -0.2) is 0 Å². The molecule has 2 N–H and O–H groups in total. The molecule has 3 unspecified atom stereocenters. The topological polar surface area (TPSA) is 64.2 Å². The molecular weight excluding hydrogens is 335 g/mol. The van der Waals surface area contributed by atoms with Gasteiger partial charge in [-0.2, -0.15) is 5.10 Å². The number of amides is 1. The Labute approximate surface area is 150 Å². The van der Waals surface area contributed by atoms with Crippen LogP contribution < -0.4 is 5.73 Å². The molecule has 3 atom stereocenters. The van der Waals surface area contributed by atoms with E-state index in [1.165, 1.54) is 11.3 Å². The van der Waals surface area contributed by atoms with Crippen LogP contribution in [0.4, 0.5) is 0 Å². The van der Waals surface area contributed by atoms with Gasteiger partial charge < -0.3 is 10.6 Å². The second-order valence-electron chi connectivity index (χ2n) is 6.67. The normalized spacial score (nSPS) is 26.8. The van der Waals surface area contributed by atoms with Gasteiger partial charge in [-0.15, -0.1) is 24.8 Å². The number of aromatic nitrogens is 2. The highest BCUT2D eigenvalue weighted by atomic mass is 35.5. The second kappa shape index (κ2) is 7.86. The predicted octanol–water partition coefficient (Wildman–Crippen LogP) is 2.67. The van der Waals surface area contributed by atoms with E-state index in [1.807, 2.05) is 11.7 Å². The summed E-state index contributed by atoms with van der Waals surface area (Å²) in [5, 5.41) is 4.52. The first-order valence-electron chi connectivity index (χ1n) is 8.05. The minimum absolute atomic E-state index is 0. The number of likely N-dealkylation sites (tertiary alicyclic amines) is 1. The number of carbonyl (C=O) groups is 1. The molecule has 1 aromatic rings. The Bertz CT molecular complexity index is 561. The lowest BCUT2D eigenvalue weighted by Crippen LogP contribution is -2.35. The van der Waals surface area contributed by atoms with Crippen molar-refractivity contribution in [3.8, 4) is 0 Å². The quantitative estimate of drug-likeness (QED) is 0.879. The number of carbonyl (C=O) groups excluding carboxylic acids is 1. The molecule has 1 aromatic heterocycles. The van der Waals surface area contributed by atoms with E-state index in [0.29, 0.717) is 5.91 Å². The van der Waals surface area contributed by atoms with Crippen LogP contribution in [0.2, 0.25) is 0 Å². The van der Waals surface area contributed by atoms with Gasteiger partial charge in [-0.1, -0.05) is 0 Å². The summed E-state index contributed by atoms with van der Waals surface area (Å²) in [7, 11) is 1.98. The standard InChI is InChI=1S/C16H26N4O.2ClH/c1-10-15(11(2)19(3)18-10)14-5-4-8-20(14)16(21)12-6-7-13(17)9-12;;/h12-14H,4-9,17H2,1-3H3;2*1H. The molecule has 23 heavy (non-hydrogen) atoms. The Hall–Kier alpha value is -0.780. The smallest absolute Gasteiger partial charge is 0.226 e. The van der Waals surface area contributed by atoms with Crippen LogP contribution in [-0.2, 0) is 11.8 Å². The summed E-state index contributed by atoms with van der Waals surface area (Å²) in [5.74, 6) is 0.450. The van der Waals surface area contributed by atoms with Crippen LogP contribution >= 0.6 is 24.8 Å². The fourth-order valence-electron chi connectivity index (χ4n) is 4.08. The van der Waals surface area contributed by atoms with E-state index in [9.17, 15) is 4.79 Å². The number of hydrogen-bond donors (Lipinski definition) is 1. The summed E-state index contributed by atoms with van der Waals surface area (Å²) < 4.78 is 1.93. The van der Waals surface area contributed by atoms with Crippen molar-refractivity contribution in [2.45, 2.75) is 58.0 Å². The highest BCUT2D eigenvalue weighted by Gasteiger charge is 2.38. The van der Waals surface area contributed by atoms with E-state index in [1.54, 1.807) is 0 Å². The van der Waals surface area contributed by atoms with Crippen LogP contribution in [0.3, 0.4) is 0 Å². The molecule has 0 radical (unpaired) electrons. The van der Waals surface area contributed by atoms with E-state index < -0.39 is 0 Å². The molecule has 132 valence electrons. The molecule has 3 rings (SSSR count). The fourth-order valence-corrected chi connectivity index (χ4v) is 4.08. The van der Waals surface area contributed by atoms with Crippen LogP contribution in [0, 0.1) is 19.8 Å². The Balaban J connectivity index is 0.00000132. The predicted molar refractivity (Wildman–Crippen MR) is 96.2 cm³/mol. The van der Waals surface area contributed by atoms with Crippen molar-refractivity contribution in [1.82, 2.24) is 14.7 Å². The van der Waals surface area contributed by atoms with Gasteiger partial charge in [0.2, 0.25) is 5.91 Å². The monoisotopic (exact) mass is 362 g/mol. The van der Waals surface area contributed by atoms with Gasteiger partial charge in [-0.3, -0.25) is 9.48 Å². The first-order chi connectivity index (χ1) is 9.99. The van der Waals surface area contributed by atoms with Gasteiger partial charge in [0.1, 0.15) is 0 Å². The van der Waals surface area contributed by atoms with Crippen LogP contribution in [0.25, 0.3) is 0 Å². The van der Waals surface area contributed by atoms with Gasteiger partial charge in [0, 0.05) is 36.8 Å². The van der Waals surface area contributed by atoms with E-state index in [4.69, 9.17) is 5.73 Å². The Morgan fingerprint density at radius 1 is 1.22 bits per heavy atom. The van der Waals surface area contributed by atoms with Crippen LogP contribution in [0.5, 0.6) is 0 Å². The zero-order chi connectivity index (χ0) is 15.1. The molecule has 0 aromatic carbocycles. The summed E-state index contributed by atoms with van der Waals surface area (Å²) in [6, 6.07) is 0.421. The van der Waals surface area contributed by atoms with Crippen molar-refractivity contribution >= 4 is 30.7 Å². The van der Waals surface area contributed by atoms with Crippen molar-refractivity contribution in [3.05, 3.63) is 17.0 Å². The van der Waals surface area contributed by atoms with Gasteiger partial charge in [0.25, 0.3) is 0 Å². The third kappa shape index (κ3) is 3.67. The molecule has 1 saturated heterocycles. The molecule has 2 fully saturated rings. The molecule has 1 aliphatic heterocycles. The van der Waals surface area contributed by atoms with E-state index in [2.05, 4.69) is 23.8 Å². The lowest BCUT2D eigenvalue weighted by atomic mass is 10.00. The molecule has 1 amide bonds. The Morgan fingerprint density at radius 3 is 2.43 bits per heavy atom. The van der Waals surface area contributed by atoms with Crippen molar-refractivity contribution in [1.29, 1.82) is 0 Å². The van der Waals surface area contributed by atoms with E-state index in [0.717, 1.165) is 44.3 Å².